The minimum atomic E-state index is -0.513. The van der Waals surface area contributed by atoms with Crippen LogP contribution in [-0.4, -0.2) is 36.4 Å². The van der Waals surface area contributed by atoms with Crippen molar-refractivity contribution in [3.05, 3.63) is 84.6 Å². The van der Waals surface area contributed by atoms with Gasteiger partial charge >= 0.3 is 6.09 Å². The Morgan fingerprint density at radius 3 is 2.19 bits per heavy atom. The van der Waals surface area contributed by atoms with Gasteiger partial charge in [0, 0.05) is 23.6 Å². The Balaban J connectivity index is 1.23. The average Bonchev–Trinajstić information content (AvgIpc) is 3.25. The summed E-state index contributed by atoms with van der Waals surface area (Å²) in [6, 6.07) is 23.1. The van der Waals surface area contributed by atoms with E-state index < -0.39 is 11.7 Å². The van der Waals surface area contributed by atoms with E-state index in [1.54, 1.807) is 0 Å². The third-order valence-electron chi connectivity index (χ3n) is 5.22. The van der Waals surface area contributed by atoms with Crippen LogP contribution in [0.3, 0.4) is 0 Å². The minimum Gasteiger partial charge on any atom is -0.490 e. The number of benzene rings is 3. The fourth-order valence-corrected chi connectivity index (χ4v) is 3.62. The number of alkyl carbamates (subject to hydrolysis) is 1. The van der Waals surface area contributed by atoms with Crippen molar-refractivity contribution in [1.82, 2.24) is 10.3 Å². The van der Waals surface area contributed by atoms with E-state index >= 15 is 0 Å². The summed E-state index contributed by atoms with van der Waals surface area (Å²) < 4.78 is 22.8. The number of para-hydroxylation sites is 1. The van der Waals surface area contributed by atoms with Gasteiger partial charge < -0.3 is 29.2 Å². The molecule has 1 aromatic heterocycles. The van der Waals surface area contributed by atoms with Gasteiger partial charge in [0.25, 0.3) is 0 Å². The number of fused-ring (bicyclic) bond motifs is 1. The average molecular weight is 489 g/mol. The van der Waals surface area contributed by atoms with Gasteiger partial charge in [0.1, 0.15) is 41.8 Å². The Morgan fingerprint density at radius 1 is 0.833 bits per heavy atom. The van der Waals surface area contributed by atoms with E-state index in [1.807, 2.05) is 99.8 Å². The van der Waals surface area contributed by atoms with Gasteiger partial charge in [-0.25, -0.2) is 4.79 Å². The monoisotopic (exact) mass is 488 g/mol. The molecular weight excluding hydrogens is 456 g/mol. The first-order chi connectivity index (χ1) is 17.4. The molecule has 0 atom stereocenters. The summed E-state index contributed by atoms with van der Waals surface area (Å²) in [5.74, 6) is 3.06. The van der Waals surface area contributed by atoms with Gasteiger partial charge in [-0.05, 0) is 87.4 Å². The molecule has 0 unspecified atom stereocenters. The van der Waals surface area contributed by atoms with Crippen molar-refractivity contribution < 1.29 is 23.7 Å². The number of aromatic amines is 1. The second-order valence-electron chi connectivity index (χ2n) is 9.28. The standard InChI is InChI=1S/C29H32N2O5/c1-29(2,3)36-28(32)30-16-15-21-20-31-27-14-13-25(19-26(21)27)34-18-17-33-22-9-11-24(12-10-22)35-23-7-5-4-6-8-23/h4-14,19-20,31H,15-18H2,1-3H3,(H,30,32). The van der Waals surface area contributed by atoms with Gasteiger partial charge in [-0.1, -0.05) is 18.2 Å². The molecule has 3 aromatic carbocycles. The predicted molar refractivity (Wildman–Crippen MR) is 140 cm³/mol. The number of carbonyl (C=O) groups excluding carboxylic acids is 1. The van der Waals surface area contributed by atoms with Crippen molar-refractivity contribution >= 4 is 17.0 Å². The lowest BCUT2D eigenvalue weighted by Crippen LogP contribution is -2.33. The smallest absolute Gasteiger partial charge is 0.407 e. The number of H-pyrrole nitrogens is 1. The molecule has 2 N–H and O–H groups in total. The van der Waals surface area contributed by atoms with E-state index in [2.05, 4.69) is 10.3 Å². The lowest BCUT2D eigenvalue weighted by Gasteiger charge is -2.19. The van der Waals surface area contributed by atoms with Crippen LogP contribution in [0.25, 0.3) is 10.9 Å². The van der Waals surface area contributed by atoms with E-state index in [4.69, 9.17) is 18.9 Å². The molecule has 1 heterocycles. The second kappa shape index (κ2) is 11.5. The van der Waals surface area contributed by atoms with E-state index in [-0.39, 0.29) is 0 Å². The summed E-state index contributed by atoms with van der Waals surface area (Å²) >= 11 is 0. The van der Waals surface area contributed by atoms with E-state index in [0.717, 1.165) is 39.5 Å². The Labute approximate surface area is 211 Å². The SMILES string of the molecule is CC(C)(C)OC(=O)NCCc1c[nH]c2ccc(OCCOc3ccc(Oc4ccccc4)cc3)cc12. The maximum absolute atomic E-state index is 11.9. The molecule has 188 valence electrons. The molecule has 0 saturated heterocycles. The van der Waals surface area contributed by atoms with Gasteiger partial charge in [-0.15, -0.1) is 0 Å². The highest BCUT2D eigenvalue weighted by Gasteiger charge is 2.15. The molecule has 0 spiro atoms. The number of aromatic nitrogens is 1. The van der Waals surface area contributed by atoms with Crippen molar-refractivity contribution in [2.75, 3.05) is 19.8 Å². The third-order valence-corrected chi connectivity index (χ3v) is 5.22. The van der Waals surface area contributed by atoms with Crippen molar-refractivity contribution in [3.8, 4) is 23.0 Å². The lowest BCUT2D eigenvalue weighted by molar-refractivity contribution is 0.0528. The van der Waals surface area contributed by atoms with Crippen molar-refractivity contribution in [2.45, 2.75) is 32.8 Å². The number of ether oxygens (including phenoxy) is 4. The molecule has 0 aliphatic heterocycles. The van der Waals surface area contributed by atoms with Crippen LogP contribution in [0.5, 0.6) is 23.0 Å². The summed E-state index contributed by atoms with van der Waals surface area (Å²) in [5, 5.41) is 3.86. The molecule has 7 heteroatoms. The van der Waals surface area contributed by atoms with Crippen LogP contribution >= 0.6 is 0 Å². The molecule has 0 aliphatic carbocycles. The van der Waals surface area contributed by atoms with E-state index in [0.29, 0.717) is 26.2 Å². The van der Waals surface area contributed by atoms with Crippen LogP contribution in [0.15, 0.2) is 79.0 Å². The first-order valence-corrected chi connectivity index (χ1v) is 12.0. The first kappa shape index (κ1) is 25.0. The summed E-state index contributed by atoms with van der Waals surface area (Å²) in [6.45, 7) is 6.84. The Morgan fingerprint density at radius 2 is 1.47 bits per heavy atom. The molecule has 0 bridgehead atoms. The Hall–Kier alpha value is -4.13. The second-order valence-corrected chi connectivity index (χ2v) is 9.28. The van der Waals surface area contributed by atoms with E-state index in [9.17, 15) is 4.79 Å². The molecule has 1 amide bonds. The zero-order chi connectivity index (χ0) is 25.4. The molecule has 0 fully saturated rings. The third kappa shape index (κ3) is 7.43. The van der Waals surface area contributed by atoms with Crippen LogP contribution < -0.4 is 19.5 Å². The van der Waals surface area contributed by atoms with Crippen LogP contribution in [0.2, 0.25) is 0 Å². The van der Waals surface area contributed by atoms with Gasteiger partial charge in [0.05, 0.1) is 0 Å². The highest BCUT2D eigenvalue weighted by molar-refractivity contribution is 5.84. The zero-order valence-corrected chi connectivity index (χ0v) is 20.9. The van der Waals surface area contributed by atoms with Crippen molar-refractivity contribution in [2.24, 2.45) is 0 Å². The molecule has 0 radical (unpaired) electrons. The van der Waals surface area contributed by atoms with Gasteiger partial charge in [0.2, 0.25) is 0 Å². The van der Waals surface area contributed by atoms with Crippen LogP contribution in [0.1, 0.15) is 26.3 Å². The maximum Gasteiger partial charge on any atom is 0.407 e. The van der Waals surface area contributed by atoms with Crippen LogP contribution in [0, 0.1) is 0 Å². The fourth-order valence-electron chi connectivity index (χ4n) is 3.62. The summed E-state index contributed by atoms with van der Waals surface area (Å²) in [6.07, 6.45) is 2.22. The number of amides is 1. The number of rotatable bonds is 10. The lowest BCUT2D eigenvalue weighted by atomic mass is 10.1. The highest BCUT2D eigenvalue weighted by Crippen LogP contribution is 2.25. The Kier molecular flexibility index (Phi) is 8.00. The predicted octanol–water partition coefficient (Wildman–Crippen LogP) is 6.49. The van der Waals surface area contributed by atoms with Crippen molar-refractivity contribution in [3.63, 3.8) is 0 Å². The van der Waals surface area contributed by atoms with Gasteiger partial charge in [-0.2, -0.15) is 0 Å². The quantitative estimate of drug-likeness (QED) is 0.250. The van der Waals surface area contributed by atoms with E-state index in [1.165, 1.54) is 0 Å². The van der Waals surface area contributed by atoms with Gasteiger partial charge in [-0.3, -0.25) is 0 Å². The summed E-state index contributed by atoms with van der Waals surface area (Å²) in [5.41, 5.74) is 1.60. The topological polar surface area (TPSA) is 81.8 Å². The van der Waals surface area contributed by atoms with Crippen molar-refractivity contribution in [1.29, 1.82) is 0 Å². The Bertz CT molecular complexity index is 1260. The normalized spacial score (nSPS) is 11.2. The molecule has 4 aromatic rings. The summed E-state index contributed by atoms with van der Waals surface area (Å²) in [4.78, 5) is 15.1. The van der Waals surface area contributed by atoms with Crippen LogP contribution in [0.4, 0.5) is 4.79 Å². The maximum atomic E-state index is 11.9. The largest absolute Gasteiger partial charge is 0.490 e. The zero-order valence-electron chi connectivity index (χ0n) is 20.9. The highest BCUT2D eigenvalue weighted by atomic mass is 16.6. The minimum absolute atomic E-state index is 0.410. The molecular formula is C29H32N2O5. The molecule has 0 aliphatic rings. The number of hydrogen-bond donors (Lipinski definition) is 2. The molecule has 4 rings (SSSR count). The summed E-state index contributed by atoms with van der Waals surface area (Å²) in [7, 11) is 0. The number of hydrogen-bond acceptors (Lipinski definition) is 5. The fraction of sp³-hybridized carbons (Fsp3) is 0.276. The van der Waals surface area contributed by atoms with Gasteiger partial charge in [0.15, 0.2) is 0 Å². The number of nitrogens with one attached hydrogen (secondary N) is 2. The van der Waals surface area contributed by atoms with Crippen LogP contribution in [-0.2, 0) is 11.2 Å². The molecule has 0 saturated carbocycles. The number of carbonyl (C=O) groups is 1. The molecule has 7 nitrogen and oxygen atoms in total. The first-order valence-electron chi connectivity index (χ1n) is 12.0. The molecule has 36 heavy (non-hydrogen) atoms.